The number of carbonyl (C=O) groups is 1. The standard InChI is InChI=1S/C21H22ClN5O3S2/c1-13(31-21-25-24-20(32-21)23-9-11-29-2)19(28)27-17(18-4-3-10-30-18)12-16(26-27)14-5-7-15(22)8-6-14/h3-8,10,13,17H,9,11-12H2,1-2H3,(H,23,24)/t13-,17-/m0/s1. The first-order valence-corrected chi connectivity index (χ1v) is 12.1. The molecule has 0 saturated heterocycles. The monoisotopic (exact) mass is 491 g/mol. The van der Waals surface area contributed by atoms with E-state index in [1.165, 1.54) is 28.1 Å². The van der Waals surface area contributed by atoms with Crippen LogP contribution in [-0.2, 0) is 9.53 Å². The zero-order valence-electron chi connectivity index (χ0n) is 17.5. The number of hydrogen-bond acceptors (Lipinski definition) is 9. The number of rotatable bonds is 9. The minimum absolute atomic E-state index is 0.121. The maximum Gasteiger partial charge on any atom is 0.256 e. The molecule has 32 heavy (non-hydrogen) atoms. The Morgan fingerprint density at radius 2 is 2.19 bits per heavy atom. The number of aromatic nitrogens is 2. The average molecular weight is 492 g/mol. The van der Waals surface area contributed by atoms with E-state index in [9.17, 15) is 4.79 Å². The van der Waals surface area contributed by atoms with E-state index in [1.54, 1.807) is 13.4 Å². The Hall–Kier alpha value is -2.40. The van der Waals surface area contributed by atoms with E-state index in [2.05, 4.69) is 20.6 Å². The molecule has 8 nitrogen and oxygen atoms in total. The van der Waals surface area contributed by atoms with Gasteiger partial charge in [-0.2, -0.15) is 5.10 Å². The second-order valence-electron chi connectivity index (χ2n) is 7.02. The summed E-state index contributed by atoms with van der Waals surface area (Å²) in [4.78, 5) is 13.4. The van der Waals surface area contributed by atoms with Crippen molar-refractivity contribution in [2.24, 2.45) is 5.10 Å². The predicted octanol–water partition coefficient (Wildman–Crippen LogP) is 4.70. The molecule has 0 aliphatic carbocycles. The summed E-state index contributed by atoms with van der Waals surface area (Å²) in [6.07, 6.45) is 2.17. The lowest BCUT2D eigenvalue weighted by Crippen LogP contribution is -2.33. The first-order valence-electron chi connectivity index (χ1n) is 9.98. The lowest BCUT2D eigenvalue weighted by atomic mass is 10.0. The Labute approximate surface area is 199 Å². The number of nitrogens with zero attached hydrogens (tertiary/aromatic N) is 4. The lowest BCUT2D eigenvalue weighted by molar-refractivity contribution is -0.132. The zero-order valence-corrected chi connectivity index (χ0v) is 19.9. The van der Waals surface area contributed by atoms with Gasteiger partial charge in [-0.1, -0.05) is 46.8 Å². The van der Waals surface area contributed by atoms with Crippen molar-refractivity contribution in [3.8, 4) is 0 Å². The molecule has 11 heteroatoms. The lowest BCUT2D eigenvalue weighted by Gasteiger charge is -2.22. The van der Waals surface area contributed by atoms with Crippen LogP contribution in [-0.4, -0.2) is 52.3 Å². The number of halogens is 1. The first-order chi connectivity index (χ1) is 15.5. The van der Waals surface area contributed by atoms with Crippen molar-refractivity contribution in [1.82, 2.24) is 15.2 Å². The fourth-order valence-corrected chi connectivity index (χ4v) is 5.30. The van der Waals surface area contributed by atoms with Gasteiger partial charge in [0.1, 0.15) is 11.8 Å². The van der Waals surface area contributed by atoms with Crippen LogP contribution in [0, 0.1) is 0 Å². The molecule has 2 atom stereocenters. The second-order valence-corrected chi connectivity index (χ2v) is 10.0. The second kappa shape index (κ2) is 10.5. The highest BCUT2D eigenvalue weighted by atomic mass is 35.5. The number of carbonyl (C=O) groups excluding carboxylic acids is 1. The quantitative estimate of drug-likeness (QED) is 0.342. The summed E-state index contributed by atoms with van der Waals surface area (Å²) in [5, 5.41) is 18.6. The molecule has 4 rings (SSSR count). The van der Waals surface area contributed by atoms with Crippen LogP contribution < -0.4 is 5.32 Å². The Morgan fingerprint density at radius 3 is 2.91 bits per heavy atom. The molecule has 2 aromatic heterocycles. The SMILES string of the molecule is COCCNc1nnc(S[C@@H](C)C(=O)N2N=C(c3ccc(Cl)cc3)C[C@H]2c2ccco2)s1. The Bertz CT molecular complexity index is 1070. The number of hydrogen-bond donors (Lipinski definition) is 1. The fraction of sp³-hybridized carbons (Fsp3) is 0.333. The molecule has 0 saturated carbocycles. The van der Waals surface area contributed by atoms with Gasteiger partial charge in [-0.15, -0.1) is 10.2 Å². The summed E-state index contributed by atoms with van der Waals surface area (Å²) in [7, 11) is 1.64. The van der Waals surface area contributed by atoms with E-state index in [0.717, 1.165) is 11.3 Å². The van der Waals surface area contributed by atoms with Gasteiger partial charge in [-0.05, 0) is 36.8 Å². The number of benzene rings is 1. The maximum absolute atomic E-state index is 13.4. The molecular weight excluding hydrogens is 470 g/mol. The van der Waals surface area contributed by atoms with Crippen molar-refractivity contribution < 1.29 is 13.9 Å². The minimum Gasteiger partial charge on any atom is -0.467 e. The molecule has 168 valence electrons. The Balaban J connectivity index is 1.49. The van der Waals surface area contributed by atoms with Crippen LogP contribution in [0.5, 0.6) is 0 Å². The molecular formula is C21H22ClN5O3S2. The molecule has 0 spiro atoms. The van der Waals surface area contributed by atoms with E-state index < -0.39 is 5.25 Å². The highest BCUT2D eigenvalue weighted by Crippen LogP contribution is 2.36. The summed E-state index contributed by atoms with van der Waals surface area (Å²) in [6.45, 7) is 3.07. The summed E-state index contributed by atoms with van der Waals surface area (Å²) in [6, 6.07) is 10.8. The largest absolute Gasteiger partial charge is 0.467 e. The predicted molar refractivity (Wildman–Crippen MR) is 126 cm³/mol. The number of amides is 1. The molecule has 3 heterocycles. The molecule has 0 bridgehead atoms. The van der Waals surface area contributed by atoms with Gasteiger partial charge < -0.3 is 14.5 Å². The van der Waals surface area contributed by atoms with Crippen LogP contribution in [0.25, 0.3) is 0 Å². The van der Waals surface area contributed by atoms with Crippen molar-refractivity contribution in [2.75, 3.05) is 25.6 Å². The normalized spacial score (nSPS) is 16.8. The van der Waals surface area contributed by atoms with Gasteiger partial charge in [-0.25, -0.2) is 5.01 Å². The van der Waals surface area contributed by atoms with Gasteiger partial charge in [0.2, 0.25) is 5.13 Å². The van der Waals surface area contributed by atoms with Crippen LogP contribution in [0.1, 0.15) is 30.7 Å². The van der Waals surface area contributed by atoms with Crippen molar-refractivity contribution >= 4 is 51.5 Å². The van der Waals surface area contributed by atoms with E-state index in [0.29, 0.717) is 39.8 Å². The molecule has 1 aliphatic rings. The smallest absolute Gasteiger partial charge is 0.256 e. The van der Waals surface area contributed by atoms with Gasteiger partial charge in [-0.3, -0.25) is 4.79 Å². The number of methoxy groups -OCH3 is 1. The molecule has 1 aliphatic heterocycles. The van der Waals surface area contributed by atoms with Crippen LogP contribution >= 0.6 is 34.7 Å². The third-order valence-electron chi connectivity index (χ3n) is 4.80. The molecule has 0 fully saturated rings. The summed E-state index contributed by atoms with van der Waals surface area (Å²) in [5.41, 5.74) is 1.74. The number of anilines is 1. The minimum atomic E-state index is -0.402. The van der Waals surface area contributed by atoms with Crippen LogP contribution in [0.15, 0.2) is 56.5 Å². The summed E-state index contributed by atoms with van der Waals surface area (Å²) in [5.74, 6) is 0.577. The average Bonchev–Trinajstić information content (AvgIpc) is 3.55. The third-order valence-corrected chi connectivity index (χ3v) is 7.10. The molecule has 1 amide bonds. The maximum atomic E-state index is 13.4. The molecule has 0 unspecified atom stereocenters. The Kier molecular flexibility index (Phi) is 7.46. The van der Waals surface area contributed by atoms with Gasteiger partial charge >= 0.3 is 0 Å². The zero-order chi connectivity index (χ0) is 22.5. The number of thioether (sulfide) groups is 1. The number of hydrazone groups is 1. The molecule has 3 aromatic rings. The van der Waals surface area contributed by atoms with Crippen LogP contribution in [0.3, 0.4) is 0 Å². The van der Waals surface area contributed by atoms with Crippen molar-refractivity contribution in [1.29, 1.82) is 0 Å². The number of nitrogens with one attached hydrogen (secondary N) is 1. The topological polar surface area (TPSA) is 92.8 Å². The van der Waals surface area contributed by atoms with Gasteiger partial charge in [0.05, 0.1) is 23.8 Å². The van der Waals surface area contributed by atoms with Gasteiger partial charge in [0.15, 0.2) is 4.34 Å². The molecule has 0 radical (unpaired) electrons. The first kappa shape index (κ1) is 22.8. The highest BCUT2D eigenvalue weighted by Gasteiger charge is 2.37. The highest BCUT2D eigenvalue weighted by molar-refractivity contribution is 8.02. The van der Waals surface area contributed by atoms with Crippen LogP contribution in [0.4, 0.5) is 5.13 Å². The van der Waals surface area contributed by atoms with Crippen molar-refractivity contribution in [2.45, 2.75) is 29.0 Å². The van der Waals surface area contributed by atoms with Gasteiger partial charge in [0.25, 0.3) is 5.91 Å². The number of ether oxygens (including phenoxy) is 1. The number of furan rings is 1. The summed E-state index contributed by atoms with van der Waals surface area (Å²) < 4.78 is 11.3. The van der Waals surface area contributed by atoms with Crippen molar-refractivity contribution in [3.05, 3.63) is 59.0 Å². The molecule has 1 aromatic carbocycles. The van der Waals surface area contributed by atoms with E-state index in [1.807, 2.05) is 43.3 Å². The summed E-state index contributed by atoms with van der Waals surface area (Å²) >= 11 is 8.79. The van der Waals surface area contributed by atoms with Crippen molar-refractivity contribution in [3.63, 3.8) is 0 Å². The molecule has 1 N–H and O–H groups in total. The fourth-order valence-electron chi connectivity index (χ4n) is 3.21. The third kappa shape index (κ3) is 5.32. The van der Waals surface area contributed by atoms with Crippen LogP contribution in [0.2, 0.25) is 5.02 Å². The van der Waals surface area contributed by atoms with E-state index in [-0.39, 0.29) is 11.9 Å². The van der Waals surface area contributed by atoms with Gasteiger partial charge in [0, 0.05) is 25.1 Å². The van der Waals surface area contributed by atoms with E-state index >= 15 is 0 Å². The Morgan fingerprint density at radius 1 is 1.38 bits per heavy atom. The van der Waals surface area contributed by atoms with E-state index in [4.69, 9.17) is 20.8 Å².